The minimum atomic E-state index is -0.0626. The molecule has 0 saturated carbocycles. The summed E-state index contributed by atoms with van der Waals surface area (Å²) in [4.78, 5) is 16.6. The molecule has 2 aliphatic rings. The molecule has 0 saturated heterocycles. The lowest BCUT2D eigenvalue weighted by Gasteiger charge is -2.25. The Bertz CT molecular complexity index is 634. The number of hydrogen-bond acceptors (Lipinski definition) is 6. The molecular formula is C17H23N3O3S. The average molecular weight is 349 g/mol. The lowest BCUT2D eigenvalue weighted by atomic mass is 9.95. The van der Waals surface area contributed by atoms with E-state index >= 15 is 0 Å². The highest BCUT2D eigenvalue weighted by Gasteiger charge is 2.21. The summed E-state index contributed by atoms with van der Waals surface area (Å²) < 4.78 is 11.2. The molecule has 1 amide bonds. The molecule has 6 nitrogen and oxygen atoms in total. The van der Waals surface area contributed by atoms with Crippen LogP contribution in [0.1, 0.15) is 25.5 Å². The molecule has 0 fully saturated rings. The molecule has 1 unspecified atom stereocenters. The highest BCUT2D eigenvalue weighted by Crippen LogP contribution is 2.34. The number of benzene rings is 1. The maximum atomic E-state index is 12.3. The zero-order valence-electron chi connectivity index (χ0n) is 14.0. The number of amides is 1. The second kappa shape index (κ2) is 7.79. The molecule has 0 aromatic heterocycles. The van der Waals surface area contributed by atoms with Gasteiger partial charge in [-0.05, 0) is 23.6 Å². The Morgan fingerprint density at radius 2 is 2.12 bits per heavy atom. The van der Waals surface area contributed by atoms with E-state index < -0.39 is 0 Å². The number of aliphatic imine (C=N–C) groups is 1. The molecule has 2 aliphatic heterocycles. The van der Waals surface area contributed by atoms with E-state index in [1.807, 2.05) is 18.2 Å². The van der Waals surface area contributed by atoms with E-state index in [2.05, 4.69) is 29.5 Å². The summed E-state index contributed by atoms with van der Waals surface area (Å²) in [5, 5.41) is 7.13. The molecule has 7 heteroatoms. The highest BCUT2D eigenvalue weighted by molar-refractivity contribution is 8.14. The Labute approximate surface area is 146 Å². The molecule has 1 aromatic carbocycles. The fourth-order valence-corrected chi connectivity index (χ4v) is 3.45. The number of thioether (sulfide) groups is 1. The molecule has 3 rings (SSSR count). The topological polar surface area (TPSA) is 72.0 Å². The molecular weight excluding hydrogens is 326 g/mol. The summed E-state index contributed by atoms with van der Waals surface area (Å²) in [6, 6.07) is 5.81. The van der Waals surface area contributed by atoms with Crippen molar-refractivity contribution in [3.63, 3.8) is 0 Å². The van der Waals surface area contributed by atoms with Gasteiger partial charge in [-0.3, -0.25) is 9.79 Å². The average Bonchev–Trinajstić information content (AvgIpc) is 3.10. The van der Waals surface area contributed by atoms with Crippen LogP contribution in [-0.2, 0) is 4.79 Å². The molecule has 0 bridgehead atoms. The monoisotopic (exact) mass is 349 g/mol. The number of fused-ring (bicyclic) bond motifs is 1. The van der Waals surface area contributed by atoms with Gasteiger partial charge >= 0.3 is 0 Å². The molecule has 1 aromatic rings. The summed E-state index contributed by atoms with van der Waals surface area (Å²) in [6.45, 7) is 6.97. The zero-order valence-corrected chi connectivity index (χ0v) is 14.8. The lowest BCUT2D eigenvalue weighted by Crippen LogP contribution is -2.33. The molecule has 1 atom stereocenters. The lowest BCUT2D eigenvalue weighted by molar-refractivity contribution is -0.119. The molecule has 0 aliphatic carbocycles. The standard InChI is InChI=1S/C17H23N3O3S/c1-11(2)16(20-15(21)10-24-17-18-5-6-19-17)12-3-4-13-14(9-12)23-8-7-22-13/h3-4,9,11,16H,5-8,10H2,1-2H3,(H,18,19)(H,20,21). The third-order valence-corrected chi connectivity index (χ3v) is 4.85. The molecule has 130 valence electrons. The predicted molar refractivity (Wildman–Crippen MR) is 95.9 cm³/mol. The fourth-order valence-electron chi connectivity index (χ4n) is 2.71. The third-order valence-electron chi connectivity index (χ3n) is 3.89. The van der Waals surface area contributed by atoms with Gasteiger partial charge in [0, 0.05) is 6.54 Å². The summed E-state index contributed by atoms with van der Waals surface area (Å²) in [7, 11) is 0. The Morgan fingerprint density at radius 3 is 2.83 bits per heavy atom. The van der Waals surface area contributed by atoms with Crippen molar-refractivity contribution in [1.82, 2.24) is 10.6 Å². The van der Waals surface area contributed by atoms with Crippen LogP contribution in [-0.4, -0.2) is 43.1 Å². The molecule has 0 spiro atoms. The largest absolute Gasteiger partial charge is 0.486 e. The van der Waals surface area contributed by atoms with Crippen molar-refractivity contribution in [3.05, 3.63) is 23.8 Å². The number of carbonyl (C=O) groups is 1. The summed E-state index contributed by atoms with van der Waals surface area (Å²) in [5.74, 6) is 2.14. The van der Waals surface area contributed by atoms with Crippen LogP contribution in [0.25, 0.3) is 0 Å². The van der Waals surface area contributed by atoms with Gasteiger partial charge in [0.2, 0.25) is 5.91 Å². The van der Waals surface area contributed by atoms with Crippen LogP contribution in [0, 0.1) is 5.92 Å². The van der Waals surface area contributed by atoms with Crippen molar-refractivity contribution < 1.29 is 14.3 Å². The smallest absolute Gasteiger partial charge is 0.230 e. The highest BCUT2D eigenvalue weighted by atomic mass is 32.2. The molecule has 2 heterocycles. The third kappa shape index (κ3) is 4.14. The van der Waals surface area contributed by atoms with Gasteiger partial charge < -0.3 is 20.1 Å². The van der Waals surface area contributed by atoms with Gasteiger partial charge in [-0.25, -0.2) is 0 Å². The van der Waals surface area contributed by atoms with Crippen LogP contribution in [0.4, 0.5) is 0 Å². The normalized spacial score (nSPS) is 17.2. The number of rotatable bonds is 5. The van der Waals surface area contributed by atoms with Crippen LogP contribution >= 0.6 is 11.8 Å². The summed E-state index contributed by atoms with van der Waals surface area (Å²) in [6.07, 6.45) is 0. The molecule has 2 N–H and O–H groups in total. The second-order valence-electron chi connectivity index (χ2n) is 6.09. The first-order valence-electron chi connectivity index (χ1n) is 8.23. The van der Waals surface area contributed by atoms with Crippen LogP contribution in [0.2, 0.25) is 0 Å². The van der Waals surface area contributed by atoms with E-state index in [9.17, 15) is 4.79 Å². The first kappa shape index (κ1) is 17.0. The van der Waals surface area contributed by atoms with Crippen molar-refractivity contribution in [2.75, 3.05) is 32.1 Å². The zero-order chi connectivity index (χ0) is 16.9. The number of nitrogens with zero attached hydrogens (tertiary/aromatic N) is 1. The van der Waals surface area contributed by atoms with Crippen molar-refractivity contribution in [2.45, 2.75) is 19.9 Å². The quantitative estimate of drug-likeness (QED) is 0.850. The van der Waals surface area contributed by atoms with Gasteiger partial charge in [-0.2, -0.15) is 0 Å². The minimum Gasteiger partial charge on any atom is -0.486 e. The molecule has 24 heavy (non-hydrogen) atoms. The number of nitrogens with one attached hydrogen (secondary N) is 2. The van der Waals surface area contributed by atoms with Crippen LogP contribution in [0.15, 0.2) is 23.2 Å². The maximum absolute atomic E-state index is 12.3. The number of amidine groups is 1. The number of ether oxygens (including phenoxy) is 2. The van der Waals surface area contributed by atoms with E-state index in [0.29, 0.717) is 19.0 Å². The van der Waals surface area contributed by atoms with E-state index in [0.717, 1.165) is 35.3 Å². The number of carbonyl (C=O) groups excluding carboxylic acids is 1. The van der Waals surface area contributed by atoms with Crippen molar-refractivity contribution in [1.29, 1.82) is 0 Å². The van der Waals surface area contributed by atoms with Gasteiger partial charge in [0.1, 0.15) is 13.2 Å². The van der Waals surface area contributed by atoms with Gasteiger partial charge in [0.15, 0.2) is 16.7 Å². The Kier molecular flexibility index (Phi) is 5.50. The second-order valence-corrected chi connectivity index (χ2v) is 7.06. The Balaban J connectivity index is 1.64. The van der Waals surface area contributed by atoms with Crippen LogP contribution < -0.4 is 20.1 Å². The van der Waals surface area contributed by atoms with Gasteiger partial charge in [-0.15, -0.1) is 0 Å². The molecule has 0 radical (unpaired) electrons. The van der Waals surface area contributed by atoms with Gasteiger partial charge in [0.25, 0.3) is 0 Å². The minimum absolute atomic E-state index is 0.00462. The predicted octanol–water partition coefficient (Wildman–Crippen LogP) is 1.96. The van der Waals surface area contributed by atoms with Crippen molar-refractivity contribution in [2.24, 2.45) is 10.9 Å². The number of hydrogen-bond donors (Lipinski definition) is 2. The fraction of sp³-hybridized carbons (Fsp3) is 0.529. The van der Waals surface area contributed by atoms with E-state index in [4.69, 9.17) is 9.47 Å². The van der Waals surface area contributed by atoms with Gasteiger partial charge in [-0.1, -0.05) is 31.7 Å². The first-order valence-corrected chi connectivity index (χ1v) is 9.22. The Morgan fingerprint density at radius 1 is 1.33 bits per heavy atom. The van der Waals surface area contributed by atoms with E-state index in [-0.39, 0.29) is 17.9 Å². The van der Waals surface area contributed by atoms with Crippen molar-refractivity contribution in [3.8, 4) is 11.5 Å². The summed E-state index contributed by atoms with van der Waals surface area (Å²) >= 11 is 1.45. The van der Waals surface area contributed by atoms with Gasteiger partial charge in [0.05, 0.1) is 18.3 Å². The van der Waals surface area contributed by atoms with Crippen LogP contribution in [0.3, 0.4) is 0 Å². The first-order chi connectivity index (χ1) is 11.6. The van der Waals surface area contributed by atoms with Crippen LogP contribution in [0.5, 0.6) is 11.5 Å². The Hall–Kier alpha value is -1.89. The summed E-state index contributed by atoms with van der Waals surface area (Å²) in [5.41, 5.74) is 1.03. The van der Waals surface area contributed by atoms with E-state index in [1.54, 1.807) is 0 Å². The van der Waals surface area contributed by atoms with Crippen molar-refractivity contribution >= 4 is 22.8 Å². The van der Waals surface area contributed by atoms with E-state index in [1.165, 1.54) is 11.8 Å². The maximum Gasteiger partial charge on any atom is 0.230 e. The SMILES string of the molecule is CC(C)C(NC(=O)CSC1=NCCN1)c1ccc2c(c1)OCCO2.